The molecule has 0 spiro atoms. The molecule has 0 fully saturated rings. The van der Waals surface area contributed by atoms with E-state index in [9.17, 15) is 0 Å². The SMILES string of the molecule is [H-].[Li+].c1ccc2n[nH]nc2c1. The molecule has 0 saturated carbocycles. The topological polar surface area (TPSA) is 41.6 Å². The number of aromatic amines is 1. The van der Waals surface area contributed by atoms with E-state index in [1.54, 1.807) is 0 Å². The molecule has 1 aromatic heterocycles. The molecule has 0 saturated heterocycles. The second-order valence-electron chi connectivity index (χ2n) is 1.81. The molecule has 0 atom stereocenters. The number of H-pyrrole nitrogens is 1. The number of fused-ring (bicyclic) bond motifs is 1. The molecule has 1 heterocycles. The first-order valence-corrected chi connectivity index (χ1v) is 2.72. The Hall–Kier alpha value is -0.783. The van der Waals surface area contributed by atoms with Gasteiger partial charge in [0.25, 0.3) is 0 Å². The number of aromatic nitrogens is 3. The van der Waals surface area contributed by atoms with Crippen LogP contribution in [-0.2, 0) is 0 Å². The predicted octanol–water partition coefficient (Wildman–Crippen LogP) is -1.93. The van der Waals surface area contributed by atoms with Crippen LogP contribution in [0.5, 0.6) is 0 Å². The van der Waals surface area contributed by atoms with Crippen molar-refractivity contribution in [1.82, 2.24) is 15.4 Å². The smallest absolute Gasteiger partial charge is 1.00 e. The van der Waals surface area contributed by atoms with Crippen LogP contribution in [0, 0.1) is 0 Å². The summed E-state index contributed by atoms with van der Waals surface area (Å²) in [5.41, 5.74) is 1.83. The van der Waals surface area contributed by atoms with Crippen molar-refractivity contribution in [2.45, 2.75) is 0 Å². The first-order valence-electron chi connectivity index (χ1n) is 2.72. The van der Waals surface area contributed by atoms with Gasteiger partial charge in [0.2, 0.25) is 0 Å². The molecular formula is C6H6LiN3. The Bertz CT molecular complexity index is 292. The maximum Gasteiger partial charge on any atom is 1.00 e. The number of nitrogens with zero attached hydrogens (tertiary/aromatic N) is 2. The van der Waals surface area contributed by atoms with Crippen molar-refractivity contribution in [2.75, 3.05) is 0 Å². The number of hydrogen-bond acceptors (Lipinski definition) is 2. The van der Waals surface area contributed by atoms with Crippen molar-refractivity contribution >= 4 is 11.0 Å². The summed E-state index contributed by atoms with van der Waals surface area (Å²) in [4.78, 5) is 0. The zero-order valence-electron chi connectivity index (χ0n) is 6.70. The molecule has 46 valence electrons. The Labute approximate surface area is 71.5 Å². The van der Waals surface area contributed by atoms with E-state index in [4.69, 9.17) is 0 Å². The molecule has 0 radical (unpaired) electrons. The minimum absolute atomic E-state index is 0. The Balaban J connectivity index is 0.000000500. The Kier molecular flexibility index (Phi) is 2.10. The van der Waals surface area contributed by atoms with E-state index < -0.39 is 0 Å². The first-order chi connectivity index (χ1) is 4.47. The van der Waals surface area contributed by atoms with E-state index in [1.165, 1.54) is 0 Å². The average Bonchev–Trinajstić information content (AvgIpc) is 2.33. The van der Waals surface area contributed by atoms with Crippen LogP contribution in [0.3, 0.4) is 0 Å². The summed E-state index contributed by atoms with van der Waals surface area (Å²) in [5.74, 6) is 0. The van der Waals surface area contributed by atoms with Crippen LogP contribution >= 0.6 is 0 Å². The van der Waals surface area contributed by atoms with E-state index >= 15 is 0 Å². The Morgan fingerprint density at radius 1 is 1.10 bits per heavy atom. The number of benzene rings is 1. The minimum Gasteiger partial charge on any atom is -1.00 e. The van der Waals surface area contributed by atoms with E-state index in [-0.39, 0.29) is 20.3 Å². The van der Waals surface area contributed by atoms with E-state index in [1.807, 2.05) is 24.3 Å². The fourth-order valence-electron chi connectivity index (χ4n) is 0.786. The van der Waals surface area contributed by atoms with Crippen LogP contribution in [0.4, 0.5) is 0 Å². The summed E-state index contributed by atoms with van der Waals surface area (Å²) < 4.78 is 0. The van der Waals surface area contributed by atoms with Crippen LogP contribution in [0.15, 0.2) is 24.3 Å². The fraction of sp³-hybridized carbons (Fsp3) is 0. The van der Waals surface area contributed by atoms with Crippen LogP contribution in [0.1, 0.15) is 1.43 Å². The number of rotatable bonds is 0. The first kappa shape index (κ1) is 7.33. The minimum atomic E-state index is 0. The molecule has 0 aliphatic heterocycles. The van der Waals surface area contributed by atoms with Gasteiger partial charge in [-0.15, -0.1) is 0 Å². The van der Waals surface area contributed by atoms with Crippen molar-refractivity contribution in [3.05, 3.63) is 24.3 Å². The molecule has 0 aliphatic carbocycles. The number of para-hydroxylation sites is 2. The molecule has 3 nitrogen and oxygen atoms in total. The van der Waals surface area contributed by atoms with Gasteiger partial charge in [-0.25, -0.2) is 0 Å². The molecular weight excluding hydrogens is 121 g/mol. The summed E-state index contributed by atoms with van der Waals surface area (Å²) in [7, 11) is 0. The molecule has 4 heteroatoms. The molecule has 2 rings (SSSR count). The summed E-state index contributed by atoms with van der Waals surface area (Å²) in [5, 5.41) is 10.3. The molecule has 0 amide bonds. The number of hydrogen-bond donors (Lipinski definition) is 1. The molecule has 0 aliphatic rings. The van der Waals surface area contributed by atoms with Gasteiger partial charge in [0.15, 0.2) is 0 Å². The second-order valence-corrected chi connectivity index (χ2v) is 1.81. The summed E-state index contributed by atoms with van der Waals surface area (Å²) in [6, 6.07) is 7.70. The zero-order valence-corrected chi connectivity index (χ0v) is 5.70. The fourth-order valence-corrected chi connectivity index (χ4v) is 0.786. The number of nitrogens with one attached hydrogen (secondary N) is 1. The molecule has 0 bridgehead atoms. The Morgan fingerprint density at radius 2 is 1.60 bits per heavy atom. The van der Waals surface area contributed by atoms with Crippen LogP contribution < -0.4 is 18.9 Å². The maximum atomic E-state index is 3.88. The molecule has 1 N–H and O–H groups in total. The van der Waals surface area contributed by atoms with Gasteiger partial charge in [-0.2, -0.15) is 15.4 Å². The van der Waals surface area contributed by atoms with Gasteiger partial charge in [-0.05, 0) is 12.1 Å². The summed E-state index contributed by atoms with van der Waals surface area (Å²) >= 11 is 0. The largest absolute Gasteiger partial charge is 1.00 e. The van der Waals surface area contributed by atoms with Gasteiger partial charge in [0.05, 0.1) is 0 Å². The van der Waals surface area contributed by atoms with Crippen LogP contribution in [-0.4, -0.2) is 15.4 Å². The van der Waals surface area contributed by atoms with E-state index in [2.05, 4.69) is 15.4 Å². The van der Waals surface area contributed by atoms with Gasteiger partial charge < -0.3 is 1.43 Å². The third-order valence-corrected chi connectivity index (χ3v) is 1.22. The maximum absolute atomic E-state index is 3.88. The van der Waals surface area contributed by atoms with Gasteiger partial charge >= 0.3 is 18.9 Å². The molecule has 10 heavy (non-hydrogen) atoms. The average molecular weight is 127 g/mol. The van der Waals surface area contributed by atoms with Gasteiger partial charge in [0.1, 0.15) is 11.0 Å². The molecule has 0 unspecified atom stereocenters. The van der Waals surface area contributed by atoms with Crippen LogP contribution in [0.25, 0.3) is 11.0 Å². The van der Waals surface area contributed by atoms with E-state index in [0.29, 0.717) is 0 Å². The van der Waals surface area contributed by atoms with Crippen molar-refractivity contribution in [3.8, 4) is 0 Å². The van der Waals surface area contributed by atoms with Gasteiger partial charge in [0, 0.05) is 0 Å². The van der Waals surface area contributed by atoms with E-state index in [0.717, 1.165) is 11.0 Å². The normalized spacial score (nSPS) is 9.20. The van der Waals surface area contributed by atoms with Crippen molar-refractivity contribution < 1.29 is 20.3 Å². The summed E-state index contributed by atoms with van der Waals surface area (Å²) in [6.45, 7) is 0. The monoisotopic (exact) mass is 127 g/mol. The van der Waals surface area contributed by atoms with Gasteiger partial charge in [-0.3, -0.25) is 0 Å². The Morgan fingerprint density at radius 3 is 2.10 bits per heavy atom. The van der Waals surface area contributed by atoms with Crippen molar-refractivity contribution in [3.63, 3.8) is 0 Å². The third-order valence-electron chi connectivity index (χ3n) is 1.22. The third kappa shape index (κ3) is 1.06. The van der Waals surface area contributed by atoms with Gasteiger partial charge in [-0.1, -0.05) is 12.1 Å². The summed E-state index contributed by atoms with van der Waals surface area (Å²) in [6.07, 6.45) is 0. The quantitative estimate of drug-likeness (QED) is 0.419. The second kappa shape index (κ2) is 2.87. The van der Waals surface area contributed by atoms with Crippen molar-refractivity contribution in [1.29, 1.82) is 0 Å². The van der Waals surface area contributed by atoms with Crippen molar-refractivity contribution in [2.24, 2.45) is 0 Å². The zero-order chi connectivity index (χ0) is 6.10. The molecule has 1 aromatic carbocycles. The molecule has 2 aromatic rings. The standard InChI is InChI=1S/C6H5N3.Li.H/c1-2-4-6-5(3-1)7-9-8-6;;/h1-4H,(H,7,8,9);;/q;+1;-1. The predicted molar refractivity (Wildman–Crippen MR) is 35.0 cm³/mol. The van der Waals surface area contributed by atoms with Crippen LogP contribution in [0.2, 0.25) is 0 Å².